The second-order valence-electron chi connectivity index (χ2n) is 14.3. The van der Waals surface area contributed by atoms with Crippen LogP contribution in [0.15, 0.2) is 36.4 Å². The van der Waals surface area contributed by atoms with Crippen LogP contribution in [0.4, 0.5) is 5.69 Å². The van der Waals surface area contributed by atoms with Crippen molar-refractivity contribution < 1.29 is 19.1 Å². The lowest BCUT2D eigenvalue weighted by molar-refractivity contribution is -0.133. The molecule has 0 N–H and O–H groups in total. The molecule has 6 rings (SSSR count). The minimum atomic E-state index is -0.179. The Morgan fingerprint density at radius 1 is 0.830 bits per heavy atom. The van der Waals surface area contributed by atoms with Crippen LogP contribution in [0.25, 0.3) is 0 Å². The van der Waals surface area contributed by atoms with E-state index in [0.29, 0.717) is 42.5 Å². The van der Waals surface area contributed by atoms with Gasteiger partial charge in [0.2, 0.25) is 5.91 Å². The summed E-state index contributed by atoms with van der Waals surface area (Å²) in [5.41, 5.74) is 4.73. The SMILES string of the molecule is CN(C)c1ccc2c(c1)C(=O)N(CCCCCCOc1ccc3c(c1)CCCC3CCC(=O)N1CCN(C3CCCCC3)CC1)C2=O. The van der Waals surface area contributed by atoms with Gasteiger partial charge < -0.3 is 14.5 Å². The van der Waals surface area contributed by atoms with Crippen molar-refractivity contribution >= 4 is 23.4 Å². The molecular weight excluding hydrogens is 588 g/mol. The van der Waals surface area contributed by atoms with Gasteiger partial charge in [0.1, 0.15) is 5.75 Å². The van der Waals surface area contributed by atoms with Gasteiger partial charge in [-0.15, -0.1) is 0 Å². The molecule has 8 heteroatoms. The zero-order chi connectivity index (χ0) is 32.8. The van der Waals surface area contributed by atoms with E-state index in [1.807, 2.05) is 31.1 Å². The van der Waals surface area contributed by atoms with Gasteiger partial charge in [0.15, 0.2) is 0 Å². The van der Waals surface area contributed by atoms with Crippen molar-refractivity contribution in [2.24, 2.45) is 0 Å². The van der Waals surface area contributed by atoms with Crippen molar-refractivity contribution in [3.05, 3.63) is 58.7 Å². The average Bonchev–Trinajstić information content (AvgIpc) is 3.34. The van der Waals surface area contributed by atoms with Crippen LogP contribution in [0.2, 0.25) is 0 Å². The Balaban J connectivity index is 0.881. The first-order chi connectivity index (χ1) is 22.9. The summed E-state index contributed by atoms with van der Waals surface area (Å²) in [5.74, 6) is 1.36. The maximum absolute atomic E-state index is 13.1. The highest BCUT2D eigenvalue weighted by Crippen LogP contribution is 2.37. The standard InChI is InChI=1S/C39H54N4O4/c1-40(2)32-16-18-35-36(28-32)39(46)43(38(35)45)21-8-3-4-9-26-47-33-17-19-34-29(11-10-12-30(34)27-33)15-20-37(44)42-24-22-41(23-25-42)31-13-6-5-7-14-31/h16-19,27-29,31H,3-15,20-26H2,1-2H3. The third-order valence-corrected chi connectivity index (χ3v) is 11.0. The number of fused-ring (bicyclic) bond motifs is 2. The number of anilines is 1. The fourth-order valence-electron chi connectivity index (χ4n) is 8.19. The predicted molar refractivity (Wildman–Crippen MR) is 186 cm³/mol. The zero-order valence-electron chi connectivity index (χ0n) is 28.7. The summed E-state index contributed by atoms with van der Waals surface area (Å²) in [7, 11) is 3.86. The number of hydrogen-bond acceptors (Lipinski definition) is 6. The lowest BCUT2D eigenvalue weighted by atomic mass is 9.80. The van der Waals surface area contributed by atoms with Gasteiger partial charge in [-0.25, -0.2) is 0 Å². The summed E-state index contributed by atoms with van der Waals surface area (Å²) < 4.78 is 6.14. The van der Waals surface area contributed by atoms with E-state index in [9.17, 15) is 14.4 Å². The summed E-state index contributed by atoms with van der Waals surface area (Å²) in [6, 6.07) is 12.8. The van der Waals surface area contributed by atoms with Crippen molar-refractivity contribution in [2.45, 2.75) is 102 Å². The lowest BCUT2D eigenvalue weighted by Crippen LogP contribution is -2.52. The minimum absolute atomic E-state index is 0.178. The zero-order valence-corrected chi connectivity index (χ0v) is 28.7. The first-order valence-electron chi connectivity index (χ1n) is 18.3. The molecule has 1 unspecified atom stereocenters. The first-order valence-corrected chi connectivity index (χ1v) is 18.3. The number of benzene rings is 2. The fourth-order valence-corrected chi connectivity index (χ4v) is 8.19. The molecule has 2 fully saturated rings. The largest absolute Gasteiger partial charge is 0.494 e. The van der Waals surface area contributed by atoms with Gasteiger partial charge in [-0.3, -0.25) is 24.2 Å². The Morgan fingerprint density at radius 3 is 2.38 bits per heavy atom. The average molecular weight is 643 g/mol. The van der Waals surface area contributed by atoms with E-state index in [-0.39, 0.29) is 11.8 Å². The Bertz CT molecular complexity index is 1410. The highest BCUT2D eigenvalue weighted by atomic mass is 16.5. The minimum Gasteiger partial charge on any atom is -0.494 e. The van der Waals surface area contributed by atoms with E-state index in [2.05, 4.69) is 28.0 Å². The summed E-state index contributed by atoms with van der Waals surface area (Å²) in [4.78, 5) is 46.9. The van der Waals surface area contributed by atoms with E-state index in [1.54, 1.807) is 6.07 Å². The second-order valence-corrected chi connectivity index (χ2v) is 14.3. The summed E-state index contributed by atoms with van der Waals surface area (Å²) >= 11 is 0. The van der Waals surface area contributed by atoms with Crippen molar-refractivity contribution in [1.29, 1.82) is 0 Å². The number of aryl methyl sites for hydroxylation is 1. The van der Waals surface area contributed by atoms with Gasteiger partial charge in [0.25, 0.3) is 11.8 Å². The normalized spacial score (nSPS) is 20.3. The third-order valence-electron chi connectivity index (χ3n) is 11.0. The van der Waals surface area contributed by atoms with E-state index >= 15 is 0 Å². The van der Waals surface area contributed by atoms with Gasteiger partial charge in [0, 0.05) is 65.0 Å². The number of imide groups is 1. The molecule has 0 spiro atoms. The number of unbranched alkanes of at least 4 members (excludes halogenated alkanes) is 3. The fraction of sp³-hybridized carbons (Fsp3) is 0.615. The molecule has 3 amide bonds. The molecule has 0 bridgehead atoms. The maximum atomic E-state index is 13.1. The van der Waals surface area contributed by atoms with Crippen LogP contribution < -0.4 is 9.64 Å². The number of nitrogens with zero attached hydrogens (tertiary/aromatic N) is 4. The van der Waals surface area contributed by atoms with E-state index < -0.39 is 0 Å². The molecule has 1 saturated heterocycles. The Kier molecular flexibility index (Phi) is 11.2. The number of piperazine rings is 1. The topological polar surface area (TPSA) is 73.4 Å². The first kappa shape index (κ1) is 33.5. The molecule has 0 radical (unpaired) electrons. The van der Waals surface area contributed by atoms with Crippen molar-refractivity contribution in [3.8, 4) is 5.75 Å². The molecule has 2 heterocycles. The molecule has 2 aliphatic carbocycles. The molecule has 2 aliphatic heterocycles. The van der Waals surface area contributed by atoms with Gasteiger partial charge in [-0.2, -0.15) is 0 Å². The van der Waals surface area contributed by atoms with Gasteiger partial charge in [0.05, 0.1) is 17.7 Å². The smallest absolute Gasteiger partial charge is 0.261 e. The predicted octanol–water partition coefficient (Wildman–Crippen LogP) is 6.67. The van der Waals surface area contributed by atoms with Crippen LogP contribution in [0.1, 0.15) is 121 Å². The van der Waals surface area contributed by atoms with Crippen molar-refractivity contribution in [1.82, 2.24) is 14.7 Å². The third kappa shape index (κ3) is 8.02. The Labute approximate surface area is 281 Å². The second kappa shape index (κ2) is 15.7. The number of amides is 3. The number of carbonyl (C=O) groups is 3. The highest BCUT2D eigenvalue weighted by Gasteiger charge is 2.35. The van der Waals surface area contributed by atoms with Crippen molar-refractivity contribution in [2.75, 3.05) is 58.3 Å². The van der Waals surface area contributed by atoms with E-state index in [1.165, 1.54) is 54.6 Å². The molecule has 47 heavy (non-hydrogen) atoms. The van der Waals surface area contributed by atoms with E-state index in [4.69, 9.17) is 4.74 Å². The molecule has 4 aliphatic rings. The van der Waals surface area contributed by atoms with Crippen molar-refractivity contribution in [3.63, 3.8) is 0 Å². The molecule has 1 saturated carbocycles. The van der Waals surface area contributed by atoms with Crippen LogP contribution >= 0.6 is 0 Å². The number of carbonyl (C=O) groups excluding carboxylic acids is 3. The van der Waals surface area contributed by atoms with Crippen LogP contribution in [-0.4, -0.2) is 91.9 Å². The monoisotopic (exact) mass is 642 g/mol. The highest BCUT2D eigenvalue weighted by molar-refractivity contribution is 6.21. The molecule has 8 nitrogen and oxygen atoms in total. The number of hydrogen-bond donors (Lipinski definition) is 0. The Morgan fingerprint density at radius 2 is 1.60 bits per heavy atom. The van der Waals surface area contributed by atoms with Crippen LogP contribution in [0, 0.1) is 0 Å². The quantitative estimate of drug-likeness (QED) is 0.180. The summed E-state index contributed by atoms with van der Waals surface area (Å²) in [6.45, 7) is 4.98. The van der Waals surface area contributed by atoms with Crippen LogP contribution in [-0.2, 0) is 11.2 Å². The summed E-state index contributed by atoms with van der Waals surface area (Å²) in [6.07, 6.45) is 15.5. The molecule has 1 atom stereocenters. The van der Waals surface area contributed by atoms with Gasteiger partial charge >= 0.3 is 0 Å². The van der Waals surface area contributed by atoms with Crippen LogP contribution in [0.3, 0.4) is 0 Å². The maximum Gasteiger partial charge on any atom is 0.261 e. The molecular formula is C39H54N4O4. The number of ether oxygens (including phenoxy) is 1. The summed E-state index contributed by atoms with van der Waals surface area (Å²) in [5, 5.41) is 0. The molecule has 0 aromatic heterocycles. The molecule has 2 aromatic rings. The lowest BCUT2D eigenvalue weighted by Gasteiger charge is -2.41. The number of rotatable bonds is 13. The Hall–Kier alpha value is -3.39. The van der Waals surface area contributed by atoms with Gasteiger partial charge in [-0.1, -0.05) is 38.2 Å². The van der Waals surface area contributed by atoms with Gasteiger partial charge in [-0.05, 0) is 98.7 Å². The van der Waals surface area contributed by atoms with E-state index in [0.717, 1.165) is 88.6 Å². The van der Waals surface area contributed by atoms with Crippen LogP contribution in [0.5, 0.6) is 5.75 Å². The molecule has 2 aromatic carbocycles. The molecule has 254 valence electrons.